The highest BCUT2D eigenvalue weighted by molar-refractivity contribution is 5.78. The average molecular weight is 282 g/mol. The second-order valence-corrected chi connectivity index (χ2v) is 7.29. The summed E-state index contributed by atoms with van der Waals surface area (Å²) in [6.07, 6.45) is 9.84. The molecule has 116 valence electrons. The summed E-state index contributed by atoms with van der Waals surface area (Å²) in [5.74, 6) is 0.593. The third kappa shape index (κ3) is 3.95. The van der Waals surface area contributed by atoms with Gasteiger partial charge in [0.05, 0.1) is 12.1 Å². The smallest absolute Gasteiger partial charge is 0.222 e. The van der Waals surface area contributed by atoms with Crippen molar-refractivity contribution in [3.63, 3.8) is 0 Å². The van der Waals surface area contributed by atoms with Crippen LogP contribution in [0.1, 0.15) is 71.1 Å². The SMILES string of the molecule is CC1CCCC(CO)(NC(=O)CC2(N)CCCCC2)C1. The molecule has 4 nitrogen and oxygen atoms in total. The molecule has 2 aliphatic carbocycles. The fraction of sp³-hybridized carbons (Fsp3) is 0.938. The second-order valence-electron chi connectivity index (χ2n) is 7.29. The zero-order valence-corrected chi connectivity index (χ0v) is 12.8. The molecule has 0 aromatic heterocycles. The molecule has 2 unspecified atom stereocenters. The van der Waals surface area contributed by atoms with Crippen molar-refractivity contribution in [1.29, 1.82) is 0 Å². The first-order valence-corrected chi connectivity index (χ1v) is 8.18. The van der Waals surface area contributed by atoms with E-state index in [9.17, 15) is 9.90 Å². The van der Waals surface area contributed by atoms with Crippen molar-refractivity contribution in [3.8, 4) is 0 Å². The van der Waals surface area contributed by atoms with Crippen molar-refractivity contribution in [1.82, 2.24) is 5.32 Å². The van der Waals surface area contributed by atoms with Crippen molar-refractivity contribution >= 4 is 5.91 Å². The maximum absolute atomic E-state index is 12.4. The predicted molar refractivity (Wildman–Crippen MR) is 80.2 cm³/mol. The molecular weight excluding hydrogens is 252 g/mol. The lowest BCUT2D eigenvalue weighted by atomic mass is 9.76. The van der Waals surface area contributed by atoms with Gasteiger partial charge in [0.1, 0.15) is 0 Å². The fourth-order valence-corrected chi connectivity index (χ4v) is 4.05. The molecule has 1 amide bonds. The molecule has 0 aliphatic heterocycles. The lowest BCUT2D eigenvalue weighted by molar-refractivity contribution is -0.125. The number of amides is 1. The first-order valence-electron chi connectivity index (χ1n) is 8.18. The Kier molecular flexibility index (Phi) is 5.08. The minimum absolute atomic E-state index is 0.0255. The van der Waals surface area contributed by atoms with Crippen LogP contribution in [0, 0.1) is 5.92 Å². The standard InChI is InChI=1S/C16H30N2O2/c1-13-6-5-9-16(10-13,12-19)18-14(20)11-15(17)7-3-2-4-8-15/h13,19H,2-12,17H2,1H3,(H,18,20). The van der Waals surface area contributed by atoms with Gasteiger partial charge in [-0.1, -0.05) is 39.0 Å². The summed E-state index contributed by atoms with van der Waals surface area (Å²) in [4.78, 5) is 12.4. The van der Waals surface area contributed by atoms with Crippen LogP contribution in [-0.2, 0) is 4.79 Å². The van der Waals surface area contributed by atoms with Crippen LogP contribution in [0.3, 0.4) is 0 Å². The van der Waals surface area contributed by atoms with E-state index < -0.39 is 5.54 Å². The van der Waals surface area contributed by atoms with Gasteiger partial charge in [0.2, 0.25) is 5.91 Å². The summed E-state index contributed by atoms with van der Waals surface area (Å²) >= 11 is 0. The Morgan fingerprint density at radius 3 is 2.55 bits per heavy atom. The molecule has 0 aromatic rings. The number of rotatable bonds is 4. The molecule has 0 saturated heterocycles. The highest BCUT2D eigenvalue weighted by Crippen LogP contribution is 2.33. The average Bonchev–Trinajstić information content (AvgIpc) is 2.38. The van der Waals surface area contributed by atoms with Crippen LogP contribution in [0.4, 0.5) is 0 Å². The van der Waals surface area contributed by atoms with Gasteiger partial charge in [-0.15, -0.1) is 0 Å². The molecule has 2 aliphatic rings. The van der Waals surface area contributed by atoms with Crippen LogP contribution in [0.15, 0.2) is 0 Å². The van der Waals surface area contributed by atoms with E-state index in [1.807, 2.05) is 0 Å². The largest absolute Gasteiger partial charge is 0.394 e. The highest BCUT2D eigenvalue weighted by Gasteiger charge is 2.37. The first kappa shape index (κ1) is 15.8. The Morgan fingerprint density at radius 1 is 1.25 bits per heavy atom. The number of carbonyl (C=O) groups is 1. The zero-order chi connectivity index (χ0) is 14.6. The van der Waals surface area contributed by atoms with Gasteiger partial charge in [0.25, 0.3) is 0 Å². The van der Waals surface area contributed by atoms with E-state index in [-0.39, 0.29) is 18.1 Å². The predicted octanol–water partition coefficient (Wildman–Crippen LogP) is 2.10. The molecule has 0 aromatic carbocycles. The van der Waals surface area contributed by atoms with Gasteiger partial charge in [-0.25, -0.2) is 0 Å². The van der Waals surface area contributed by atoms with Crippen LogP contribution < -0.4 is 11.1 Å². The number of carbonyl (C=O) groups excluding carboxylic acids is 1. The van der Waals surface area contributed by atoms with Crippen LogP contribution in [-0.4, -0.2) is 28.7 Å². The summed E-state index contributed by atoms with van der Waals surface area (Å²) < 4.78 is 0. The van der Waals surface area contributed by atoms with Gasteiger partial charge < -0.3 is 16.2 Å². The first-order chi connectivity index (χ1) is 9.47. The van der Waals surface area contributed by atoms with Crippen molar-refractivity contribution in [3.05, 3.63) is 0 Å². The summed E-state index contributed by atoms with van der Waals surface area (Å²) in [7, 11) is 0. The molecular formula is C16H30N2O2. The number of nitrogens with two attached hydrogens (primary N) is 1. The Balaban J connectivity index is 1.91. The van der Waals surface area contributed by atoms with Crippen LogP contribution >= 0.6 is 0 Å². The summed E-state index contributed by atoms with van der Waals surface area (Å²) in [5, 5.41) is 12.8. The molecule has 4 N–H and O–H groups in total. The minimum atomic E-state index is -0.403. The number of hydrogen-bond donors (Lipinski definition) is 3. The molecule has 0 radical (unpaired) electrons. The van der Waals surface area contributed by atoms with Crippen molar-refractivity contribution in [2.24, 2.45) is 11.7 Å². The Hall–Kier alpha value is -0.610. The van der Waals surface area contributed by atoms with Gasteiger partial charge >= 0.3 is 0 Å². The molecule has 20 heavy (non-hydrogen) atoms. The van der Waals surface area contributed by atoms with Crippen molar-refractivity contribution in [2.75, 3.05) is 6.61 Å². The van der Waals surface area contributed by atoms with E-state index >= 15 is 0 Å². The van der Waals surface area contributed by atoms with Gasteiger partial charge in [-0.2, -0.15) is 0 Å². The van der Waals surface area contributed by atoms with Gasteiger partial charge in [0.15, 0.2) is 0 Å². The maximum Gasteiger partial charge on any atom is 0.222 e. The third-order valence-electron chi connectivity index (χ3n) is 5.16. The zero-order valence-electron chi connectivity index (χ0n) is 12.8. The molecule has 2 atom stereocenters. The van der Waals surface area contributed by atoms with Gasteiger partial charge in [0, 0.05) is 12.0 Å². The summed E-state index contributed by atoms with van der Waals surface area (Å²) in [6.45, 7) is 2.24. The van der Waals surface area contributed by atoms with Crippen molar-refractivity contribution < 1.29 is 9.90 Å². The van der Waals surface area contributed by atoms with Gasteiger partial charge in [-0.05, 0) is 31.6 Å². The molecule has 0 bridgehead atoms. The highest BCUT2D eigenvalue weighted by atomic mass is 16.3. The Labute approximate surface area is 122 Å². The fourth-order valence-electron chi connectivity index (χ4n) is 4.05. The van der Waals surface area contributed by atoms with Crippen LogP contribution in [0.2, 0.25) is 0 Å². The van der Waals surface area contributed by atoms with E-state index in [1.165, 1.54) is 12.8 Å². The topological polar surface area (TPSA) is 75.3 Å². The van der Waals surface area contributed by atoms with E-state index in [0.29, 0.717) is 12.3 Å². The van der Waals surface area contributed by atoms with E-state index in [2.05, 4.69) is 12.2 Å². The van der Waals surface area contributed by atoms with E-state index in [0.717, 1.165) is 44.9 Å². The normalized spacial score (nSPS) is 33.6. The Morgan fingerprint density at radius 2 is 1.95 bits per heavy atom. The van der Waals surface area contributed by atoms with E-state index in [4.69, 9.17) is 5.73 Å². The summed E-state index contributed by atoms with van der Waals surface area (Å²) in [5.41, 5.74) is 5.63. The number of aliphatic hydroxyl groups is 1. The molecule has 2 saturated carbocycles. The number of aliphatic hydroxyl groups excluding tert-OH is 1. The van der Waals surface area contributed by atoms with Gasteiger partial charge in [-0.3, -0.25) is 4.79 Å². The molecule has 0 heterocycles. The lowest BCUT2D eigenvalue weighted by Crippen LogP contribution is -2.56. The minimum Gasteiger partial charge on any atom is -0.394 e. The van der Waals surface area contributed by atoms with Crippen molar-refractivity contribution in [2.45, 2.75) is 82.2 Å². The molecule has 2 fully saturated rings. The third-order valence-corrected chi connectivity index (χ3v) is 5.16. The molecule has 0 spiro atoms. The number of nitrogens with one attached hydrogen (secondary N) is 1. The van der Waals surface area contributed by atoms with Crippen LogP contribution in [0.25, 0.3) is 0 Å². The monoisotopic (exact) mass is 282 g/mol. The maximum atomic E-state index is 12.4. The number of hydrogen-bond acceptors (Lipinski definition) is 3. The van der Waals surface area contributed by atoms with Crippen LogP contribution in [0.5, 0.6) is 0 Å². The quantitative estimate of drug-likeness (QED) is 0.739. The second kappa shape index (κ2) is 6.44. The van der Waals surface area contributed by atoms with E-state index in [1.54, 1.807) is 0 Å². The Bertz CT molecular complexity index is 339. The molecule has 2 rings (SSSR count). The molecule has 4 heteroatoms. The summed E-state index contributed by atoms with van der Waals surface area (Å²) in [6, 6.07) is 0. The lowest BCUT2D eigenvalue weighted by Gasteiger charge is -2.41.